The molecule has 1 aromatic carbocycles. The minimum Gasteiger partial charge on any atom is -0.493 e. The van der Waals surface area contributed by atoms with Gasteiger partial charge in [-0.2, -0.15) is 0 Å². The van der Waals surface area contributed by atoms with Gasteiger partial charge in [-0.3, -0.25) is 4.79 Å². The Kier molecular flexibility index (Phi) is 7.75. The first-order valence-corrected chi connectivity index (χ1v) is 7.60. The number of methoxy groups -OCH3 is 2. The molecule has 0 saturated heterocycles. The van der Waals surface area contributed by atoms with Crippen molar-refractivity contribution in [2.24, 2.45) is 0 Å². The largest absolute Gasteiger partial charge is 0.493 e. The Morgan fingerprint density at radius 2 is 1.79 bits per heavy atom. The van der Waals surface area contributed by atoms with E-state index in [1.54, 1.807) is 24.3 Å². The van der Waals surface area contributed by atoms with Crippen LogP contribution < -0.4 is 9.47 Å². The van der Waals surface area contributed by atoms with Gasteiger partial charge in [0.1, 0.15) is 6.61 Å². The number of ketones is 1. The van der Waals surface area contributed by atoms with E-state index < -0.39 is 5.97 Å². The van der Waals surface area contributed by atoms with Crippen molar-refractivity contribution in [3.8, 4) is 11.5 Å². The zero-order valence-corrected chi connectivity index (χ0v) is 14.8. The van der Waals surface area contributed by atoms with Gasteiger partial charge in [-0.1, -0.05) is 11.1 Å². The average Bonchev–Trinajstić information content (AvgIpc) is 2.53. The fourth-order valence-electron chi connectivity index (χ4n) is 2.03. The van der Waals surface area contributed by atoms with Crippen LogP contribution in [0.2, 0.25) is 0 Å². The van der Waals surface area contributed by atoms with Crippen molar-refractivity contribution < 1.29 is 23.8 Å². The fraction of sp³-hybridized carbons (Fsp3) is 0.368. The molecule has 5 heteroatoms. The Hall–Kier alpha value is -2.56. The molecule has 0 aliphatic rings. The molecular weight excluding hydrogens is 308 g/mol. The van der Waals surface area contributed by atoms with Crippen molar-refractivity contribution in [1.82, 2.24) is 0 Å². The summed E-state index contributed by atoms with van der Waals surface area (Å²) < 4.78 is 15.6. The number of ether oxygens (including phenoxy) is 3. The van der Waals surface area contributed by atoms with Crippen molar-refractivity contribution in [1.29, 1.82) is 0 Å². The number of hydrogen-bond donors (Lipinski definition) is 0. The molecule has 130 valence electrons. The molecule has 0 unspecified atom stereocenters. The maximum absolute atomic E-state index is 11.7. The van der Waals surface area contributed by atoms with Crippen molar-refractivity contribution in [2.75, 3.05) is 20.8 Å². The molecule has 0 radical (unpaired) electrons. The molecule has 0 aliphatic carbocycles. The number of hydrogen-bond acceptors (Lipinski definition) is 5. The Balaban J connectivity index is 2.70. The summed E-state index contributed by atoms with van der Waals surface area (Å²) in [7, 11) is 2.83. The summed E-state index contributed by atoms with van der Waals surface area (Å²) in [4.78, 5) is 23.2. The summed E-state index contributed by atoms with van der Waals surface area (Å²) >= 11 is 0. The highest BCUT2D eigenvalue weighted by molar-refractivity contribution is 5.91. The second kappa shape index (κ2) is 9.55. The molecule has 0 aromatic heterocycles. The van der Waals surface area contributed by atoms with Crippen molar-refractivity contribution in [3.05, 3.63) is 47.1 Å². The summed E-state index contributed by atoms with van der Waals surface area (Å²) in [6.45, 7) is 5.98. The lowest BCUT2D eigenvalue weighted by Crippen LogP contribution is -2.03. The van der Waals surface area contributed by atoms with Gasteiger partial charge in [0.2, 0.25) is 0 Å². The Morgan fingerprint density at radius 3 is 2.38 bits per heavy atom. The third-order valence-electron chi connectivity index (χ3n) is 3.16. The van der Waals surface area contributed by atoms with E-state index in [0.29, 0.717) is 30.1 Å². The SMILES string of the molecule is COC(=O)c1ccc(OC/C=C(\C)CC(=O)C=C(C)C)c(OC)c1. The Labute approximate surface area is 142 Å². The van der Waals surface area contributed by atoms with Gasteiger partial charge >= 0.3 is 5.97 Å². The van der Waals surface area contributed by atoms with Gasteiger partial charge in [0.05, 0.1) is 19.8 Å². The van der Waals surface area contributed by atoms with Crippen molar-refractivity contribution >= 4 is 11.8 Å². The van der Waals surface area contributed by atoms with Crippen LogP contribution in [0.15, 0.2) is 41.5 Å². The van der Waals surface area contributed by atoms with Crippen LogP contribution in [0.4, 0.5) is 0 Å². The standard InChI is InChI=1S/C19H24O5/c1-13(2)10-16(20)11-14(3)8-9-24-17-7-6-15(19(21)23-5)12-18(17)22-4/h6-8,10,12H,9,11H2,1-5H3/b14-8+. The lowest BCUT2D eigenvalue weighted by Gasteiger charge is -2.10. The van der Waals surface area contributed by atoms with Crippen LogP contribution in [0.3, 0.4) is 0 Å². The number of rotatable bonds is 8. The number of carbonyl (C=O) groups is 2. The van der Waals surface area contributed by atoms with Crippen LogP contribution in [0.25, 0.3) is 0 Å². The molecule has 1 rings (SSSR count). The molecule has 24 heavy (non-hydrogen) atoms. The fourth-order valence-corrected chi connectivity index (χ4v) is 2.03. The minimum atomic E-state index is -0.437. The summed E-state index contributed by atoms with van der Waals surface area (Å²) in [6.07, 6.45) is 3.85. The molecular formula is C19H24O5. The van der Waals surface area contributed by atoms with E-state index >= 15 is 0 Å². The molecule has 0 spiro atoms. The van der Waals surface area contributed by atoms with Gasteiger partial charge in [0, 0.05) is 6.42 Å². The van der Waals surface area contributed by atoms with Crippen LogP contribution in [0.5, 0.6) is 11.5 Å². The molecule has 1 aromatic rings. The van der Waals surface area contributed by atoms with Gasteiger partial charge in [0.15, 0.2) is 17.3 Å². The second-order valence-electron chi connectivity index (χ2n) is 5.58. The lowest BCUT2D eigenvalue weighted by atomic mass is 10.1. The van der Waals surface area contributed by atoms with Crippen LogP contribution in [0.1, 0.15) is 37.6 Å². The average molecular weight is 332 g/mol. The molecule has 0 amide bonds. The van der Waals surface area contributed by atoms with Crippen LogP contribution in [-0.4, -0.2) is 32.6 Å². The van der Waals surface area contributed by atoms with Crippen molar-refractivity contribution in [3.63, 3.8) is 0 Å². The van der Waals surface area contributed by atoms with E-state index in [1.807, 2.05) is 26.8 Å². The predicted molar refractivity (Wildman–Crippen MR) is 92.6 cm³/mol. The van der Waals surface area contributed by atoms with Crippen LogP contribution in [-0.2, 0) is 9.53 Å². The molecule has 0 bridgehead atoms. The highest BCUT2D eigenvalue weighted by Crippen LogP contribution is 2.28. The van der Waals surface area contributed by atoms with Gasteiger partial charge in [-0.15, -0.1) is 0 Å². The van der Waals surface area contributed by atoms with E-state index in [-0.39, 0.29) is 5.78 Å². The third-order valence-corrected chi connectivity index (χ3v) is 3.16. The van der Waals surface area contributed by atoms with Gasteiger partial charge in [-0.25, -0.2) is 4.79 Å². The van der Waals surface area contributed by atoms with Crippen molar-refractivity contribution in [2.45, 2.75) is 27.2 Å². The van der Waals surface area contributed by atoms with E-state index in [0.717, 1.165) is 11.1 Å². The van der Waals surface area contributed by atoms with Crippen LogP contribution in [0, 0.1) is 0 Å². The summed E-state index contributed by atoms with van der Waals surface area (Å²) in [6, 6.07) is 4.83. The predicted octanol–water partition coefficient (Wildman–Crippen LogP) is 3.73. The molecule has 0 saturated carbocycles. The number of carbonyl (C=O) groups excluding carboxylic acids is 2. The van der Waals surface area contributed by atoms with Gasteiger partial charge < -0.3 is 14.2 Å². The molecule has 0 atom stereocenters. The molecule has 0 aliphatic heterocycles. The maximum atomic E-state index is 11.7. The van der Waals surface area contributed by atoms with Gasteiger partial charge in [-0.05, 0) is 51.1 Å². The molecule has 0 fully saturated rings. The maximum Gasteiger partial charge on any atom is 0.337 e. The number of esters is 1. The molecule has 5 nitrogen and oxygen atoms in total. The van der Waals surface area contributed by atoms with E-state index in [9.17, 15) is 9.59 Å². The first kappa shape index (κ1) is 19.5. The number of benzene rings is 1. The van der Waals surface area contributed by atoms with E-state index in [4.69, 9.17) is 9.47 Å². The monoisotopic (exact) mass is 332 g/mol. The molecule has 0 heterocycles. The first-order chi connectivity index (χ1) is 11.4. The molecule has 0 N–H and O–H groups in total. The zero-order chi connectivity index (χ0) is 18.1. The quantitative estimate of drug-likeness (QED) is 0.412. The number of allylic oxidation sites excluding steroid dienone is 3. The summed E-state index contributed by atoms with van der Waals surface area (Å²) in [5, 5.41) is 0. The topological polar surface area (TPSA) is 61.8 Å². The Bertz CT molecular complexity index is 652. The summed E-state index contributed by atoms with van der Waals surface area (Å²) in [5.41, 5.74) is 2.31. The third kappa shape index (κ3) is 6.28. The zero-order valence-electron chi connectivity index (χ0n) is 14.8. The van der Waals surface area contributed by atoms with E-state index in [2.05, 4.69) is 4.74 Å². The smallest absolute Gasteiger partial charge is 0.337 e. The first-order valence-electron chi connectivity index (χ1n) is 7.60. The normalized spacial score (nSPS) is 10.8. The highest BCUT2D eigenvalue weighted by Gasteiger charge is 2.11. The van der Waals surface area contributed by atoms with Crippen LogP contribution >= 0.6 is 0 Å². The highest BCUT2D eigenvalue weighted by atomic mass is 16.5. The van der Waals surface area contributed by atoms with Gasteiger partial charge in [0.25, 0.3) is 0 Å². The minimum absolute atomic E-state index is 0.0729. The Morgan fingerprint density at radius 1 is 1.08 bits per heavy atom. The second-order valence-corrected chi connectivity index (χ2v) is 5.58. The van der Waals surface area contributed by atoms with E-state index in [1.165, 1.54) is 14.2 Å². The summed E-state index contributed by atoms with van der Waals surface area (Å²) in [5.74, 6) is 0.603. The lowest BCUT2D eigenvalue weighted by molar-refractivity contribution is -0.114.